The van der Waals surface area contributed by atoms with Crippen molar-refractivity contribution in [3.05, 3.63) is 131 Å². The predicted octanol–water partition coefficient (Wildman–Crippen LogP) is 10.9. The monoisotopic (exact) mass is 708 g/mol. The van der Waals surface area contributed by atoms with Crippen molar-refractivity contribution in [2.45, 2.75) is 76.3 Å². The standard InChI is InChI=1S/C48H40N2O4/c51-45-39-15-7-13-37-35(25-27-41(43(37)39)47(53)49(45)33-9-3-1-4-10-33)31-21-17-29(18-22-31)30-19-23-32(24-20-30)36-26-28-42-44-38(36)14-8-16-40(44)46(52)50(48(42)54)34-11-5-2-6-12-34/h7-8,13-28,33-34H,1-6,9-12H2. The Hall–Kier alpha value is -5.88. The maximum atomic E-state index is 13.8. The summed E-state index contributed by atoms with van der Waals surface area (Å²) in [4.78, 5) is 58.1. The van der Waals surface area contributed by atoms with Gasteiger partial charge in [0.1, 0.15) is 0 Å². The molecule has 266 valence electrons. The Bertz CT molecular complexity index is 2320. The van der Waals surface area contributed by atoms with E-state index in [1.165, 1.54) is 9.80 Å². The molecule has 6 heteroatoms. The molecule has 0 unspecified atom stereocenters. The molecule has 2 fully saturated rings. The molecule has 0 bridgehead atoms. The van der Waals surface area contributed by atoms with Crippen LogP contribution in [-0.4, -0.2) is 45.5 Å². The first-order chi connectivity index (χ1) is 26.5. The highest BCUT2D eigenvalue weighted by Gasteiger charge is 2.39. The molecule has 0 radical (unpaired) electrons. The van der Waals surface area contributed by atoms with E-state index in [1.54, 1.807) is 0 Å². The van der Waals surface area contributed by atoms with Crippen molar-refractivity contribution in [3.8, 4) is 33.4 Å². The lowest BCUT2D eigenvalue weighted by atomic mass is 9.86. The van der Waals surface area contributed by atoms with Crippen LogP contribution in [0.2, 0.25) is 0 Å². The van der Waals surface area contributed by atoms with Crippen molar-refractivity contribution in [2.75, 3.05) is 0 Å². The molecule has 0 N–H and O–H groups in total. The number of hydrogen-bond acceptors (Lipinski definition) is 4. The first-order valence-electron chi connectivity index (χ1n) is 19.6. The molecule has 6 aromatic rings. The van der Waals surface area contributed by atoms with Gasteiger partial charge in [0, 0.05) is 45.1 Å². The van der Waals surface area contributed by atoms with Gasteiger partial charge in [-0.1, -0.05) is 123 Å². The lowest BCUT2D eigenvalue weighted by molar-refractivity contribution is 0.0487. The second-order valence-electron chi connectivity index (χ2n) is 15.5. The lowest BCUT2D eigenvalue weighted by Gasteiger charge is -2.36. The summed E-state index contributed by atoms with van der Waals surface area (Å²) in [5, 5.41) is 3.34. The Morgan fingerprint density at radius 3 is 1.02 bits per heavy atom. The van der Waals surface area contributed by atoms with E-state index in [9.17, 15) is 19.2 Å². The second kappa shape index (κ2) is 12.9. The van der Waals surface area contributed by atoms with Crippen LogP contribution in [0.4, 0.5) is 0 Å². The summed E-state index contributed by atoms with van der Waals surface area (Å²) in [7, 11) is 0. The van der Waals surface area contributed by atoms with E-state index in [-0.39, 0.29) is 35.7 Å². The highest BCUT2D eigenvalue weighted by Crippen LogP contribution is 2.41. The third kappa shape index (κ3) is 5.07. The average Bonchev–Trinajstić information content (AvgIpc) is 3.22. The Kier molecular flexibility index (Phi) is 7.83. The minimum atomic E-state index is -0.170. The average molecular weight is 709 g/mol. The van der Waals surface area contributed by atoms with Gasteiger partial charge >= 0.3 is 0 Å². The molecule has 0 aromatic heterocycles. The van der Waals surface area contributed by atoms with Gasteiger partial charge in [0.15, 0.2) is 0 Å². The number of imide groups is 2. The second-order valence-corrected chi connectivity index (χ2v) is 15.5. The summed E-state index contributed by atoms with van der Waals surface area (Å²) in [5.41, 5.74) is 8.60. The number of carbonyl (C=O) groups excluding carboxylic acids is 4. The van der Waals surface area contributed by atoms with E-state index in [2.05, 4.69) is 48.5 Å². The SMILES string of the molecule is O=C1c2cccc3c(-c4ccc(-c5ccc(-c6ccc7c8c(cccc68)C(=O)N(C6CCCCC6)C7=O)cc5)cc4)ccc(c23)C(=O)N1C1CCCCC1. The first-order valence-corrected chi connectivity index (χ1v) is 19.6. The van der Waals surface area contributed by atoms with Gasteiger partial charge in [0.05, 0.1) is 0 Å². The van der Waals surface area contributed by atoms with Crippen molar-refractivity contribution in [1.82, 2.24) is 9.80 Å². The van der Waals surface area contributed by atoms with Crippen molar-refractivity contribution < 1.29 is 19.2 Å². The molecule has 2 aliphatic heterocycles. The summed E-state index contributed by atoms with van der Waals surface area (Å²) < 4.78 is 0. The Morgan fingerprint density at radius 2 is 0.648 bits per heavy atom. The molecule has 2 saturated carbocycles. The van der Waals surface area contributed by atoms with Gasteiger partial charge in [-0.3, -0.25) is 29.0 Å². The van der Waals surface area contributed by atoms with Gasteiger partial charge in [0.2, 0.25) is 0 Å². The minimum Gasteiger partial charge on any atom is -0.271 e. The highest BCUT2D eigenvalue weighted by atomic mass is 16.2. The maximum absolute atomic E-state index is 13.8. The van der Waals surface area contributed by atoms with Crippen molar-refractivity contribution in [2.24, 2.45) is 0 Å². The van der Waals surface area contributed by atoms with Crippen LogP contribution in [0.25, 0.3) is 54.9 Å². The molecular formula is C48H40N2O4. The highest BCUT2D eigenvalue weighted by molar-refractivity contribution is 6.28. The van der Waals surface area contributed by atoms with Gasteiger partial charge in [-0.25, -0.2) is 0 Å². The molecule has 0 spiro atoms. The third-order valence-electron chi connectivity index (χ3n) is 12.5. The zero-order valence-electron chi connectivity index (χ0n) is 30.1. The van der Waals surface area contributed by atoms with Crippen LogP contribution in [0.15, 0.2) is 109 Å². The van der Waals surface area contributed by atoms with E-state index in [0.29, 0.717) is 22.3 Å². The maximum Gasteiger partial charge on any atom is 0.261 e. The number of amides is 4. The Labute approximate surface area is 314 Å². The molecule has 0 atom stereocenters. The number of nitrogens with zero attached hydrogens (tertiary/aromatic N) is 2. The van der Waals surface area contributed by atoms with Crippen LogP contribution in [0, 0.1) is 0 Å². The lowest BCUT2D eigenvalue weighted by Crippen LogP contribution is -2.47. The fourth-order valence-corrected chi connectivity index (χ4v) is 9.76. The van der Waals surface area contributed by atoms with Crippen LogP contribution in [-0.2, 0) is 0 Å². The van der Waals surface area contributed by atoms with Gasteiger partial charge < -0.3 is 0 Å². The van der Waals surface area contributed by atoms with Crippen LogP contribution in [0.5, 0.6) is 0 Å². The molecule has 4 aliphatic rings. The first kappa shape index (κ1) is 32.7. The predicted molar refractivity (Wildman–Crippen MR) is 213 cm³/mol. The molecular weight excluding hydrogens is 669 g/mol. The summed E-state index contributed by atoms with van der Waals surface area (Å²) in [5.74, 6) is -0.678. The molecule has 2 heterocycles. The largest absolute Gasteiger partial charge is 0.271 e. The molecule has 0 saturated heterocycles. The molecule has 6 nitrogen and oxygen atoms in total. The van der Waals surface area contributed by atoms with Gasteiger partial charge in [0.25, 0.3) is 23.6 Å². The summed E-state index contributed by atoms with van der Waals surface area (Å²) in [6.45, 7) is 0. The summed E-state index contributed by atoms with van der Waals surface area (Å²) in [6, 6.07) is 36.3. The van der Waals surface area contributed by atoms with Crippen molar-refractivity contribution in [3.63, 3.8) is 0 Å². The van der Waals surface area contributed by atoms with E-state index >= 15 is 0 Å². The van der Waals surface area contributed by atoms with Gasteiger partial charge in [-0.15, -0.1) is 0 Å². The van der Waals surface area contributed by atoms with E-state index < -0.39 is 0 Å². The number of benzene rings is 6. The normalized spacial score (nSPS) is 17.9. The Balaban J connectivity index is 0.938. The zero-order valence-corrected chi connectivity index (χ0v) is 30.1. The minimum absolute atomic E-state index is 0.0234. The van der Waals surface area contributed by atoms with Crippen LogP contribution in [0.1, 0.15) is 106 Å². The molecule has 54 heavy (non-hydrogen) atoms. The number of carbonyl (C=O) groups is 4. The fourth-order valence-electron chi connectivity index (χ4n) is 9.76. The van der Waals surface area contributed by atoms with Gasteiger partial charge in [-0.05, 0) is 94.1 Å². The molecule has 4 amide bonds. The van der Waals surface area contributed by atoms with Crippen LogP contribution in [0.3, 0.4) is 0 Å². The molecule has 10 rings (SSSR count). The van der Waals surface area contributed by atoms with Gasteiger partial charge in [-0.2, -0.15) is 0 Å². The van der Waals surface area contributed by atoms with E-state index in [0.717, 1.165) is 119 Å². The zero-order chi connectivity index (χ0) is 36.5. The van der Waals surface area contributed by atoms with Crippen LogP contribution >= 0.6 is 0 Å². The smallest absolute Gasteiger partial charge is 0.261 e. The quantitative estimate of drug-likeness (QED) is 0.167. The summed E-state index contributed by atoms with van der Waals surface area (Å²) in [6.07, 6.45) is 10.0. The fraction of sp³-hybridized carbons (Fsp3) is 0.250. The topological polar surface area (TPSA) is 74.8 Å². The summed E-state index contributed by atoms with van der Waals surface area (Å²) >= 11 is 0. The van der Waals surface area contributed by atoms with Crippen LogP contribution < -0.4 is 0 Å². The van der Waals surface area contributed by atoms with Crippen molar-refractivity contribution >= 4 is 45.2 Å². The number of hydrogen-bond donors (Lipinski definition) is 0. The molecule has 2 aliphatic carbocycles. The third-order valence-corrected chi connectivity index (χ3v) is 12.5. The van der Waals surface area contributed by atoms with E-state index in [1.807, 2.05) is 60.7 Å². The van der Waals surface area contributed by atoms with Crippen molar-refractivity contribution in [1.29, 1.82) is 0 Å². The van der Waals surface area contributed by atoms with E-state index in [4.69, 9.17) is 0 Å². The number of rotatable bonds is 5. The molecule has 6 aromatic carbocycles. The Morgan fingerprint density at radius 1 is 0.333 bits per heavy atom.